The summed E-state index contributed by atoms with van der Waals surface area (Å²) in [7, 11) is 0. The molecule has 1 heterocycles. The third-order valence-electron chi connectivity index (χ3n) is 1.11. The van der Waals surface area contributed by atoms with E-state index in [1.54, 1.807) is 0 Å². The maximum Gasteiger partial charge on any atom is 0.400 e. The van der Waals surface area contributed by atoms with Crippen molar-refractivity contribution in [2.45, 2.75) is 6.18 Å². The molecule has 0 amide bonds. The van der Waals surface area contributed by atoms with E-state index >= 15 is 0 Å². The molecule has 55 valence electrons. The number of dihydropyridines is 1. The zero-order chi connectivity index (χ0) is 7.61. The minimum atomic E-state index is -4.21. The molecule has 1 rings (SSSR count). The second kappa shape index (κ2) is 2.44. The lowest BCUT2D eigenvalue weighted by atomic mass is 10.1. The van der Waals surface area contributed by atoms with Crippen LogP contribution in [0.25, 0.3) is 0 Å². The molecule has 0 atom stereocenters. The van der Waals surface area contributed by atoms with Crippen LogP contribution in [0.3, 0.4) is 0 Å². The molecule has 0 saturated heterocycles. The molecule has 1 radical (unpaired) electrons. The van der Waals surface area contributed by atoms with Crippen LogP contribution in [0, 0.1) is 5.92 Å². The maximum absolute atomic E-state index is 11.8. The van der Waals surface area contributed by atoms with Crippen molar-refractivity contribution in [2.75, 3.05) is 6.54 Å². The molecule has 0 aliphatic carbocycles. The summed E-state index contributed by atoms with van der Waals surface area (Å²) in [6.45, 7) is -0.250. The van der Waals surface area contributed by atoms with Crippen molar-refractivity contribution in [3.63, 3.8) is 0 Å². The first-order chi connectivity index (χ1) is 4.61. The second-order valence-electron chi connectivity index (χ2n) is 1.87. The Balaban J connectivity index is 2.60. The van der Waals surface area contributed by atoms with Crippen molar-refractivity contribution in [1.82, 2.24) is 0 Å². The van der Waals surface area contributed by atoms with Gasteiger partial charge >= 0.3 is 6.18 Å². The zero-order valence-electron chi connectivity index (χ0n) is 5.02. The Morgan fingerprint density at radius 1 is 1.40 bits per heavy atom. The van der Waals surface area contributed by atoms with Crippen molar-refractivity contribution in [2.24, 2.45) is 4.99 Å². The van der Waals surface area contributed by atoms with Crippen LogP contribution in [0.4, 0.5) is 13.2 Å². The number of hydrogen-bond acceptors (Lipinski definition) is 1. The molecule has 0 fully saturated rings. The van der Waals surface area contributed by atoms with Crippen LogP contribution in [-0.4, -0.2) is 18.9 Å². The smallest absolute Gasteiger partial charge is 0.292 e. The highest BCUT2D eigenvalue weighted by Crippen LogP contribution is 2.30. The molecule has 1 nitrogen and oxygen atoms in total. The number of halogens is 3. The third kappa shape index (κ3) is 1.59. The molecule has 0 bridgehead atoms. The average molecular weight is 148 g/mol. The van der Waals surface area contributed by atoms with E-state index in [0.717, 1.165) is 6.08 Å². The van der Waals surface area contributed by atoms with Gasteiger partial charge in [0.1, 0.15) is 5.92 Å². The molecular weight excluding hydrogens is 143 g/mol. The van der Waals surface area contributed by atoms with Crippen LogP contribution >= 0.6 is 0 Å². The van der Waals surface area contributed by atoms with E-state index in [9.17, 15) is 13.2 Å². The van der Waals surface area contributed by atoms with Gasteiger partial charge in [0.25, 0.3) is 0 Å². The maximum atomic E-state index is 11.8. The lowest BCUT2D eigenvalue weighted by Gasteiger charge is -2.14. The predicted octanol–water partition coefficient (Wildman–Crippen LogP) is 1.76. The minimum absolute atomic E-state index is 0.250. The summed E-state index contributed by atoms with van der Waals surface area (Å²) < 4.78 is 35.3. The van der Waals surface area contributed by atoms with Gasteiger partial charge in [-0.3, -0.25) is 4.99 Å². The fourth-order valence-electron chi connectivity index (χ4n) is 0.608. The van der Waals surface area contributed by atoms with Gasteiger partial charge in [-0.2, -0.15) is 13.2 Å². The predicted molar refractivity (Wildman–Crippen MR) is 31.8 cm³/mol. The molecule has 0 aromatic carbocycles. The van der Waals surface area contributed by atoms with Crippen LogP contribution in [0.2, 0.25) is 0 Å². The Morgan fingerprint density at radius 3 is 2.40 bits per heavy atom. The van der Waals surface area contributed by atoms with E-state index in [1.807, 2.05) is 0 Å². The van der Waals surface area contributed by atoms with Crippen molar-refractivity contribution in [3.05, 3.63) is 18.1 Å². The van der Waals surface area contributed by atoms with E-state index in [1.165, 1.54) is 12.3 Å². The van der Waals surface area contributed by atoms with Crippen LogP contribution in [0.15, 0.2) is 17.1 Å². The van der Waals surface area contributed by atoms with Gasteiger partial charge in [-0.05, 0) is 6.08 Å². The van der Waals surface area contributed by atoms with Crippen molar-refractivity contribution in [3.8, 4) is 0 Å². The summed E-state index contributed by atoms with van der Waals surface area (Å²) in [4.78, 5) is 3.46. The SMILES string of the molecule is FC(F)(F)[C]1C=CC=NC1. The standard InChI is InChI=1S/C6H5F3N/c7-6(8,9)5-2-1-3-10-4-5/h1-3H,4H2. The quantitative estimate of drug-likeness (QED) is 0.496. The number of nitrogens with zero attached hydrogens (tertiary/aromatic N) is 1. The highest BCUT2D eigenvalue weighted by molar-refractivity contribution is 5.73. The summed E-state index contributed by atoms with van der Waals surface area (Å²) in [6.07, 6.45) is -0.539. The molecule has 10 heavy (non-hydrogen) atoms. The topological polar surface area (TPSA) is 12.4 Å². The number of allylic oxidation sites excluding steroid dienone is 1. The van der Waals surface area contributed by atoms with Crippen molar-refractivity contribution in [1.29, 1.82) is 0 Å². The Bertz CT molecular complexity index is 168. The van der Waals surface area contributed by atoms with E-state index in [4.69, 9.17) is 0 Å². The number of aliphatic imine (C=N–C) groups is 1. The average Bonchev–Trinajstić information content (AvgIpc) is 1.88. The van der Waals surface area contributed by atoms with Crippen LogP contribution in [-0.2, 0) is 0 Å². The van der Waals surface area contributed by atoms with Gasteiger partial charge in [0, 0.05) is 6.21 Å². The van der Waals surface area contributed by atoms with Gasteiger partial charge in [0.2, 0.25) is 0 Å². The fourth-order valence-corrected chi connectivity index (χ4v) is 0.608. The fraction of sp³-hybridized carbons (Fsp3) is 0.333. The van der Waals surface area contributed by atoms with E-state index in [2.05, 4.69) is 4.99 Å². The van der Waals surface area contributed by atoms with Crippen LogP contribution in [0.5, 0.6) is 0 Å². The van der Waals surface area contributed by atoms with E-state index < -0.39 is 12.1 Å². The molecule has 0 N–H and O–H groups in total. The van der Waals surface area contributed by atoms with E-state index in [0.29, 0.717) is 0 Å². The van der Waals surface area contributed by atoms with Crippen LogP contribution in [0.1, 0.15) is 0 Å². The Labute approximate surface area is 56.3 Å². The molecule has 1 aliphatic rings. The molecule has 0 aromatic rings. The summed E-state index contributed by atoms with van der Waals surface area (Å²) in [5.41, 5.74) is 0. The minimum Gasteiger partial charge on any atom is -0.292 e. The van der Waals surface area contributed by atoms with E-state index in [-0.39, 0.29) is 6.54 Å². The normalized spacial score (nSPS) is 19.9. The highest BCUT2D eigenvalue weighted by atomic mass is 19.4. The molecule has 4 heteroatoms. The third-order valence-corrected chi connectivity index (χ3v) is 1.11. The molecule has 1 aliphatic heterocycles. The zero-order valence-corrected chi connectivity index (χ0v) is 5.02. The lowest BCUT2D eigenvalue weighted by molar-refractivity contribution is -0.108. The molecule has 0 aromatic heterocycles. The summed E-state index contributed by atoms with van der Waals surface area (Å²) in [5.74, 6) is -0.588. The lowest BCUT2D eigenvalue weighted by Crippen LogP contribution is -2.22. The summed E-state index contributed by atoms with van der Waals surface area (Å²) in [6, 6.07) is 0. The second-order valence-corrected chi connectivity index (χ2v) is 1.87. The monoisotopic (exact) mass is 148 g/mol. The van der Waals surface area contributed by atoms with Crippen LogP contribution < -0.4 is 0 Å². The number of alkyl halides is 3. The van der Waals surface area contributed by atoms with Gasteiger partial charge in [-0.25, -0.2) is 0 Å². The first-order valence-electron chi connectivity index (χ1n) is 2.70. The largest absolute Gasteiger partial charge is 0.400 e. The van der Waals surface area contributed by atoms with Gasteiger partial charge in [0.15, 0.2) is 0 Å². The Kier molecular flexibility index (Phi) is 1.78. The molecule has 0 spiro atoms. The van der Waals surface area contributed by atoms with Gasteiger partial charge < -0.3 is 0 Å². The first kappa shape index (κ1) is 7.31. The summed E-state index contributed by atoms with van der Waals surface area (Å²) >= 11 is 0. The molecule has 0 unspecified atom stereocenters. The highest BCUT2D eigenvalue weighted by Gasteiger charge is 2.38. The molecular formula is C6H5F3N. The van der Waals surface area contributed by atoms with Crippen molar-refractivity contribution < 1.29 is 13.2 Å². The molecule has 0 saturated carbocycles. The van der Waals surface area contributed by atoms with Crippen molar-refractivity contribution >= 4 is 6.21 Å². The Hall–Kier alpha value is -0.800. The van der Waals surface area contributed by atoms with Gasteiger partial charge in [-0.1, -0.05) is 6.08 Å². The number of rotatable bonds is 0. The van der Waals surface area contributed by atoms with Gasteiger partial charge in [0.05, 0.1) is 6.54 Å². The number of hydrogen-bond donors (Lipinski definition) is 0. The Morgan fingerprint density at radius 2 is 2.10 bits per heavy atom. The van der Waals surface area contributed by atoms with Gasteiger partial charge in [-0.15, -0.1) is 0 Å². The summed E-state index contributed by atoms with van der Waals surface area (Å²) in [5, 5.41) is 0. The first-order valence-corrected chi connectivity index (χ1v) is 2.70.